The molecular formula is C15H14ClN3O. The van der Waals surface area contributed by atoms with Crippen LogP contribution in [0.3, 0.4) is 0 Å². The first kappa shape index (κ1) is 12.9. The molecule has 1 aromatic carbocycles. The first-order valence-corrected chi connectivity index (χ1v) is 6.80. The molecule has 0 aliphatic carbocycles. The highest BCUT2D eigenvalue weighted by molar-refractivity contribution is 6.33. The van der Waals surface area contributed by atoms with Crippen molar-refractivity contribution < 1.29 is 4.79 Å². The molecule has 1 aromatic heterocycles. The summed E-state index contributed by atoms with van der Waals surface area (Å²) in [6, 6.07) is 7.73. The van der Waals surface area contributed by atoms with Gasteiger partial charge in [-0.2, -0.15) is 0 Å². The first-order valence-electron chi connectivity index (χ1n) is 6.42. The standard InChI is InChI=1S/C15H14ClN3O/c1-9(10-3-2-4-17-8-10)18-14-5-11-6-15(20)19-13(11)7-12(14)16/h2-5,7-9,18H,6H2,1H3,(H,19,20). The van der Waals surface area contributed by atoms with Gasteiger partial charge in [-0.3, -0.25) is 9.78 Å². The van der Waals surface area contributed by atoms with Gasteiger partial charge in [-0.1, -0.05) is 17.7 Å². The average molecular weight is 288 g/mol. The van der Waals surface area contributed by atoms with Gasteiger partial charge in [0.25, 0.3) is 0 Å². The highest BCUT2D eigenvalue weighted by atomic mass is 35.5. The van der Waals surface area contributed by atoms with Gasteiger partial charge in [-0.05, 0) is 36.2 Å². The zero-order chi connectivity index (χ0) is 14.1. The highest BCUT2D eigenvalue weighted by Gasteiger charge is 2.20. The molecule has 0 saturated heterocycles. The van der Waals surface area contributed by atoms with Crippen molar-refractivity contribution in [2.45, 2.75) is 19.4 Å². The third-order valence-corrected chi connectivity index (χ3v) is 3.69. The van der Waals surface area contributed by atoms with E-state index in [0.29, 0.717) is 11.4 Å². The van der Waals surface area contributed by atoms with Crippen molar-refractivity contribution in [1.29, 1.82) is 0 Å². The van der Waals surface area contributed by atoms with Crippen molar-refractivity contribution in [3.63, 3.8) is 0 Å². The van der Waals surface area contributed by atoms with Gasteiger partial charge in [0.05, 0.1) is 23.2 Å². The van der Waals surface area contributed by atoms with Gasteiger partial charge < -0.3 is 10.6 Å². The fraction of sp³-hybridized carbons (Fsp3) is 0.200. The molecule has 0 radical (unpaired) electrons. The fourth-order valence-corrected chi connectivity index (χ4v) is 2.53. The Hall–Kier alpha value is -2.07. The van der Waals surface area contributed by atoms with Gasteiger partial charge in [0.2, 0.25) is 5.91 Å². The molecule has 0 spiro atoms. The number of anilines is 2. The van der Waals surface area contributed by atoms with E-state index in [1.54, 1.807) is 12.3 Å². The Bertz CT molecular complexity index is 658. The molecule has 2 N–H and O–H groups in total. The van der Waals surface area contributed by atoms with Crippen LogP contribution in [-0.2, 0) is 11.2 Å². The van der Waals surface area contributed by atoms with Gasteiger partial charge in [-0.15, -0.1) is 0 Å². The molecule has 3 rings (SSSR count). The first-order chi connectivity index (χ1) is 9.63. The van der Waals surface area contributed by atoms with E-state index in [0.717, 1.165) is 22.5 Å². The van der Waals surface area contributed by atoms with E-state index in [1.807, 2.05) is 31.3 Å². The van der Waals surface area contributed by atoms with Crippen molar-refractivity contribution in [2.75, 3.05) is 10.6 Å². The fourth-order valence-electron chi connectivity index (χ4n) is 2.31. The van der Waals surface area contributed by atoms with E-state index in [-0.39, 0.29) is 11.9 Å². The van der Waals surface area contributed by atoms with Gasteiger partial charge in [-0.25, -0.2) is 0 Å². The van der Waals surface area contributed by atoms with Crippen LogP contribution in [-0.4, -0.2) is 10.9 Å². The zero-order valence-electron chi connectivity index (χ0n) is 11.0. The van der Waals surface area contributed by atoms with Crippen LogP contribution in [0.5, 0.6) is 0 Å². The smallest absolute Gasteiger partial charge is 0.228 e. The number of fused-ring (bicyclic) bond motifs is 1. The minimum atomic E-state index is 0.00789. The van der Waals surface area contributed by atoms with Crippen LogP contribution < -0.4 is 10.6 Å². The van der Waals surface area contributed by atoms with Crippen molar-refractivity contribution in [1.82, 2.24) is 4.98 Å². The molecule has 1 aliphatic heterocycles. The Kier molecular flexibility index (Phi) is 3.32. The Morgan fingerprint density at radius 3 is 3.05 bits per heavy atom. The Morgan fingerprint density at radius 2 is 2.30 bits per heavy atom. The molecule has 0 bridgehead atoms. The molecule has 1 unspecified atom stereocenters. The minimum Gasteiger partial charge on any atom is -0.377 e. The summed E-state index contributed by atoms with van der Waals surface area (Å²) in [5, 5.41) is 6.75. The lowest BCUT2D eigenvalue weighted by Crippen LogP contribution is -2.07. The number of nitrogens with zero attached hydrogens (tertiary/aromatic N) is 1. The quantitative estimate of drug-likeness (QED) is 0.910. The summed E-state index contributed by atoms with van der Waals surface area (Å²) < 4.78 is 0. The Balaban J connectivity index is 1.85. The maximum absolute atomic E-state index is 11.4. The summed E-state index contributed by atoms with van der Waals surface area (Å²) in [7, 11) is 0. The van der Waals surface area contributed by atoms with E-state index in [9.17, 15) is 4.79 Å². The van der Waals surface area contributed by atoms with Crippen LogP contribution in [0.15, 0.2) is 36.7 Å². The molecule has 0 saturated carbocycles. The number of hydrogen-bond donors (Lipinski definition) is 2. The maximum Gasteiger partial charge on any atom is 0.228 e. The summed E-state index contributed by atoms with van der Waals surface area (Å²) in [5.41, 5.74) is 3.69. The van der Waals surface area contributed by atoms with Crippen molar-refractivity contribution in [2.24, 2.45) is 0 Å². The molecule has 2 heterocycles. The largest absolute Gasteiger partial charge is 0.377 e. The molecule has 1 atom stereocenters. The molecule has 0 fully saturated rings. The number of carbonyl (C=O) groups excluding carboxylic acids is 1. The van der Waals surface area contributed by atoms with Crippen molar-refractivity contribution in [3.05, 3.63) is 52.8 Å². The topological polar surface area (TPSA) is 54.0 Å². The predicted molar refractivity (Wildman–Crippen MR) is 80.1 cm³/mol. The monoisotopic (exact) mass is 287 g/mol. The number of amides is 1. The number of aromatic nitrogens is 1. The molecule has 5 heteroatoms. The second kappa shape index (κ2) is 5.13. The van der Waals surface area contributed by atoms with E-state index in [1.165, 1.54) is 0 Å². The lowest BCUT2D eigenvalue weighted by atomic mass is 10.1. The third-order valence-electron chi connectivity index (χ3n) is 3.37. The minimum absolute atomic E-state index is 0.00789. The van der Waals surface area contributed by atoms with Crippen LogP contribution in [0.2, 0.25) is 5.02 Å². The predicted octanol–water partition coefficient (Wildman–Crippen LogP) is 3.40. The Labute approximate surface area is 122 Å². The molecule has 1 aliphatic rings. The second-order valence-corrected chi connectivity index (χ2v) is 5.27. The van der Waals surface area contributed by atoms with Gasteiger partial charge in [0.15, 0.2) is 0 Å². The van der Waals surface area contributed by atoms with Crippen molar-refractivity contribution >= 4 is 28.9 Å². The number of halogens is 1. The van der Waals surface area contributed by atoms with Crippen LogP contribution >= 0.6 is 11.6 Å². The molecule has 102 valence electrons. The van der Waals surface area contributed by atoms with Gasteiger partial charge in [0.1, 0.15) is 0 Å². The van der Waals surface area contributed by atoms with E-state index in [2.05, 4.69) is 15.6 Å². The van der Waals surface area contributed by atoms with E-state index >= 15 is 0 Å². The summed E-state index contributed by atoms with van der Waals surface area (Å²) in [5.74, 6) is 0.00789. The number of rotatable bonds is 3. The zero-order valence-corrected chi connectivity index (χ0v) is 11.7. The van der Waals surface area contributed by atoms with Crippen LogP contribution in [0.1, 0.15) is 24.1 Å². The van der Waals surface area contributed by atoms with E-state index < -0.39 is 0 Å². The van der Waals surface area contributed by atoms with Crippen molar-refractivity contribution in [3.8, 4) is 0 Å². The number of carbonyl (C=O) groups is 1. The lowest BCUT2D eigenvalue weighted by Gasteiger charge is -2.17. The average Bonchev–Trinajstić information content (AvgIpc) is 2.79. The van der Waals surface area contributed by atoms with Crippen LogP contribution in [0, 0.1) is 0 Å². The second-order valence-electron chi connectivity index (χ2n) is 4.87. The molecule has 2 aromatic rings. The SMILES string of the molecule is CC(Nc1cc2c(cc1Cl)NC(=O)C2)c1cccnc1. The summed E-state index contributed by atoms with van der Waals surface area (Å²) in [6.45, 7) is 2.05. The molecule has 20 heavy (non-hydrogen) atoms. The lowest BCUT2D eigenvalue weighted by molar-refractivity contribution is -0.115. The number of hydrogen-bond acceptors (Lipinski definition) is 3. The number of pyridine rings is 1. The Morgan fingerprint density at radius 1 is 1.45 bits per heavy atom. The van der Waals surface area contributed by atoms with Crippen LogP contribution in [0.4, 0.5) is 11.4 Å². The summed E-state index contributed by atoms with van der Waals surface area (Å²) >= 11 is 6.26. The molecule has 1 amide bonds. The third kappa shape index (κ3) is 2.47. The number of nitrogens with one attached hydrogen (secondary N) is 2. The number of benzene rings is 1. The highest BCUT2D eigenvalue weighted by Crippen LogP contribution is 2.34. The molecular weight excluding hydrogens is 274 g/mol. The molecule has 4 nitrogen and oxygen atoms in total. The normalized spacial score (nSPS) is 14.6. The van der Waals surface area contributed by atoms with Gasteiger partial charge >= 0.3 is 0 Å². The van der Waals surface area contributed by atoms with Crippen LogP contribution in [0.25, 0.3) is 0 Å². The summed E-state index contributed by atoms with van der Waals surface area (Å²) in [4.78, 5) is 15.5. The summed E-state index contributed by atoms with van der Waals surface area (Å²) in [6.07, 6.45) is 3.97. The maximum atomic E-state index is 11.4. The van der Waals surface area contributed by atoms with Gasteiger partial charge in [0, 0.05) is 18.1 Å². The van der Waals surface area contributed by atoms with E-state index in [4.69, 9.17) is 11.6 Å².